The molecule has 1 atom stereocenters. The van der Waals surface area contributed by atoms with Crippen LogP contribution >= 0.6 is 0 Å². The molecule has 1 unspecified atom stereocenters. The molecule has 0 radical (unpaired) electrons. The summed E-state index contributed by atoms with van der Waals surface area (Å²) >= 11 is 0. The van der Waals surface area contributed by atoms with Crippen molar-refractivity contribution in [3.05, 3.63) is 35.9 Å². The molecular formula is C21H30N4O3. The predicted molar refractivity (Wildman–Crippen MR) is 105 cm³/mol. The first-order valence-electron chi connectivity index (χ1n) is 10.5. The lowest BCUT2D eigenvalue weighted by Crippen LogP contribution is -2.81. The quantitative estimate of drug-likeness (QED) is 0.749. The lowest BCUT2D eigenvalue weighted by Gasteiger charge is -2.63. The zero-order valence-electron chi connectivity index (χ0n) is 16.5. The summed E-state index contributed by atoms with van der Waals surface area (Å²) in [4.78, 5) is 22.0. The summed E-state index contributed by atoms with van der Waals surface area (Å²) in [6.45, 7) is 9.97. The number of nitrogens with zero attached hydrogens (tertiary/aromatic N) is 4. The number of hydrogen-bond donors (Lipinski definition) is 0. The molecule has 7 heteroatoms. The van der Waals surface area contributed by atoms with Crippen molar-refractivity contribution >= 4 is 6.03 Å². The van der Waals surface area contributed by atoms with Crippen LogP contribution in [0, 0.1) is 0 Å². The normalized spacial score (nSPS) is 28.1. The number of likely N-dealkylation sites (tertiary alicyclic amines) is 1. The van der Waals surface area contributed by atoms with Gasteiger partial charge in [-0.05, 0) is 5.56 Å². The molecule has 4 heterocycles. The third kappa shape index (κ3) is 3.41. The van der Waals surface area contributed by atoms with Gasteiger partial charge < -0.3 is 19.3 Å². The van der Waals surface area contributed by atoms with Crippen molar-refractivity contribution in [1.29, 1.82) is 0 Å². The number of piperazine rings is 1. The molecule has 4 fully saturated rings. The fourth-order valence-corrected chi connectivity index (χ4v) is 5.30. The zero-order valence-corrected chi connectivity index (χ0v) is 16.5. The predicted octanol–water partition coefficient (Wildman–Crippen LogP) is 0.710. The van der Waals surface area contributed by atoms with E-state index in [4.69, 9.17) is 9.47 Å². The second kappa shape index (κ2) is 7.63. The van der Waals surface area contributed by atoms with E-state index in [2.05, 4.69) is 40.1 Å². The van der Waals surface area contributed by atoms with Crippen molar-refractivity contribution in [3.63, 3.8) is 0 Å². The maximum Gasteiger partial charge on any atom is 0.320 e. The largest absolute Gasteiger partial charge is 0.378 e. The van der Waals surface area contributed by atoms with Crippen LogP contribution in [0.4, 0.5) is 4.79 Å². The van der Waals surface area contributed by atoms with Gasteiger partial charge in [-0.15, -0.1) is 0 Å². The van der Waals surface area contributed by atoms with Crippen LogP contribution < -0.4 is 0 Å². The number of rotatable bonds is 2. The molecule has 4 aliphatic rings. The molecule has 28 heavy (non-hydrogen) atoms. The van der Waals surface area contributed by atoms with Crippen LogP contribution in [0.25, 0.3) is 0 Å². The summed E-state index contributed by atoms with van der Waals surface area (Å²) in [5.74, 6) is 0. The van der Waals surface area contributed by atoms with Crippen molar-refractivity contribution < 1.29 is 14.3 Å². The van der Waals surface area contributed by atoms with E-state index in [-0.39, 0.29) is 11.6 Å². The average molecular weight is 386 g/mol. The van der Waals surface area contributed by atoms with Crippen molar-refractivity contribution in [2.75, 3.05) is 72.2 Å². The van der Waals surface area contributed by atoms with Gasteiger partial charge in [0.05, 0.1) is 32.0 Å². The Bertz CT molecular complexity index is 688. The first-order valence-corrected chi connectivity index (χ1v) is 10.5. The third-order valence-corrected chi connectivity index (χ3v) is 6.60. The lowest BCUT2D eigenvalue weighted by molar-refractivity contribution is -0.158. The highest BCUT2D eigenvalue weighted by Gasteiger charge is 2.55. The Hall–Kier alpha value is -1.67. The Kier molecular flexibility index (Phi) is 5.00. The molecule has 152 valence electrons. The molecule has 1 aromatic rings. The molecule has 2 amide bonds. The van der Waals surface area contributed by atoms with Crippen LogP contribution in [0.5, 0.6) is 0 Å². The molecule has 0 aliphatic carbocycles. The number of hydrogen-bond acceptors (Lipinski definition) is 5. The van der Waals surface area contributed by atoms with Gasteiger partial charge >= 0.3 is 6.03 Å². The average Bonchev–Trinajstić information content (AvgIpc) is 2.72. The maximum absolute atomic E-state index is 12.9. The van der Waals surface area contributed by atoms with Gasteiger partial charge in [0.15, 0.2) is 0 Å². The highest BCUT2D eigenvalue weighted by Crippen LogP contribution is 2.36. The minimum Gasteiger partial charge on any atom is -0.378 e. The van der Waals surface area contributed by atoms with Gasteiger partial charge in [0.25, 0.3) is 0 Å². The Morgan fingerprint density at radius 2 is 1.71 bits per heavy atom. The van der Waals surface area contributed by atoms with Gasteiger partial charge in [-0.2, -0.15) is 0 Å². The van der Waals surface area contributed by atoms with Crippen LogP contribution in [-0.4, -0.2) is 109 Å². The van der Waals surface area contributed by atoms with E-state index in [0.29, 0.717) is 32.3 Å². The molecule has 0 bridgehead atoms. The van der Waals surface area contributed by atoms with Crippen LogP contribution in [-0.2, 0) is 16.0 Å². The first kappa shape index (κ1) is 18.4. The van der Waals surface area contributed by atoms with E-state index >= 15 is 0 Å². The maximum atomic E-state index is 12.9. The van der Waals surface area contributed by atoms with Crippen LogP contribution in [0.1, 0.15) is 5.56 Å². The number of amides is 2. The van der Waals surface area contributed by atoms with E-state index in [0.717, 1.165) is 52.5 Å². The molecular weight excluding hydrogens is 356 g/mol. The molecule has 1 spiro atoms. The number of benzene rings is 1. The smallest absolute Gasteiger partial charge is 0.320 e. The minimum atomic E-state index is 0.0728. The van der Waals surface area contributed by atoms with E-state index in [9.17, 15) is 4.79 Å². The Morgan fingerprint density at radius 1 is 0.964 bits per heavy atom. The van der Waals surface area contributed by atoms with E-state index < -0.39 is 0 Å². The Labute approximate surface area is 166 Å². The summed E-state index contributed by atoms with van der Waals surface area (Å²) in [5.41, 5.74) is 1.42. The number of carbonyl (C=O) groups is 1. The number of urea groups is 1. The highest BCUT2D eigenvalue weighted by molar-refractivity contribution is 5.76. The van der Waals surface area contributed by atoms with Crippen LogP contribution in [0.3, 0.4) is 0 Å². The van der Waals surface area contributed by atoms with E-state index in [1.165, 1.54) is 5.56 Å². The van der Waals surface area contributed by atoms with Crippen molar-refractivity contribution in [2.24, 2.45) is 0 Å². The molecule has 4 saturated heterocycles. The van der Waals surface area contributed by atoms with Gasteiger partial charge in [0.2, 0.25) is 0 Å². The highest BCUT2D eigenvalue weighted by atomic mass is 16.5. The van der Waals surface area contributed by atoms with Crippen LogP contribution in [0.15, 0.2) is 30.3 Å². The summed E-state index contributed by atoms with van der Waals surface area (Å²) in [6, 6.07) is 11.3. The number of fused-ring (bicyclic) bond motifs is 2. The number of carbonyl (C=O) groups excluding carboxylic acids is 1. The Morgan fingerprint density at radius 3 is 2.50 bits per heavy atom. The van der Waals surface area contributed by atoms with Gasteiger partial charge in [0.1, 0.15) is 0 Å². The molecule has 0 aromatic heterocycles. The first-order chi connectivity index (χ1) is 13.7. The number of ether oxygens (including phenoxy) is 2. The fraction of sp³-hybridized carbons (Fsp3) is 0.667. The van der Waals surface area contributed by atoms with Crippen molar-refractivity contribution in [3.8, 4) is 0 Å². The van der Waals surface area contributed by atoms with Gasteiger partial charge in [-0.25, -0.2) is 4.79 Å². The lowest BCUT2D eigenvalue weighted by atomic mass is 9.82. The van der Waals surface area contributed by atoms with Gasteiger partial charge in [-0.3, -0.25) is 9.80 Å². The molecule has 4 aliphatic heterocycles. The van der Waals surface area contributed by atoms with E-state index in [1.54, 1.807) is 0 Å². The second-order valence-electron chi connectivity index (χ2n) is 8.54. The second-order valence-corrected chi connectivity index (χ2v) is 8.54. The van der Waals surface area contributed by atoms with Crippen molar-refractivity contribution in [2.45, 2.75) is 18.1 Å². The summed E-state index contributed by atoms with van der Waals surface area (Å²) in [7, 11) is 0. The fourth-order valence-electron chi connectivity index (χ4n) is 5.30. The number of morpholine rings is 2. The summed E-state index contributed by atoms with van der Waals surface area (Å²) in [6.07, 6.45) is 0. The topological polar surface area (TPSA) is 48.5 Å². The molecule has 1 aromatic carbocycles. The zero-order chi connectivity index (χ0) is 19.0. The summed E-state index contributed by atoms with van der Waals surface area (Å²) in [5, 5.41) is 0. The molecule has 7 nitrogen and oxygen atoms in total. The third-order valence-electron chi connectivity index (χ3n) is 6.60. The standard InChI is InChI=1S/C21H30N4O3/c26-20(23-6-9-27-10-7-23)24-16-21(17-24)15-22(12-18-4-2-1-3-5-18)13-19-14-28-11-8-25(19)21/h1-5,19H,6-17H2. The monoisotopic (exact) mass is 386 g/mol. The van der Waals surface area contributed by atoms with Crippen molar-refractivity contribution in [1.82, 2.24) is 19.6 Å². The van der Waals surface area contributed by atoms with Gasteiger partial charge in [-0.1, -0.05) is 30.3 Å². The van der Waals surface area contributed by atoms with E-state index in [1.807, 2.05) is 9.80 Å². The summed E-state index contributed by atoms with van der Waals surface area (Å²) < 4.78 is 11.2. The molecule has 0 saturated carbocycles. The van der Waals surface area contributed by atoms with Crippen LogP contribution in [0.2, 0.25) is 0 Å². The Balaban J connectivity index is 1.28. The SMILES string of the molecule is O=C(N1CCOCC1)N1CC2(CN(Cc3ccccc3)CC3COCCN32)C1. The minimum absolute atomic E-state index is 0.0728. The molecule has 0 N–H and O–H groups in total. The molecule has 5 rings (SSSR count). The van der Waals surface area contributed by atoms with Gasteiger partial charge in [0, 0.05) is 58.4 Å².